The maximum Gasteiger partial charge on any atom is 0.226 e. The van der Waals surface area contributed by atoms with E-state index in [0.717, 1.165) is 6.42 Å². The smallest absolute Gasteiger partial charge is 0.226 e. The van der Waals surface area contributed by atoms with Crippen LogP contribution in [0.1, 0.15) is 19.4 Å². The molecule has 0 fully saturated rings. The first-order chi connectivity index (χ1) is 8.99. The molecule has 0 spiro atoms. The molecule has 4 N–H and O–H groups in total. The van der Waals surface area contributed by atoms with Crippen LogP contribution in [0.25, 0.3) is 0 Å². The third kappa shape index (κ3) is 3.94. The average molecular weight is 342 g/mol. The van der Waals surface area contributed by atoms with Gasteiger partial charge in [-0.05, 0) is 25.8 Å². The van der Waals surface area contributed by atoms with Gasteiger partial charge in [-0.25, -0.2) is 4.99 Å². The van der Waals surface area contributed by atoms with Crippen LogP contribution in [0.3, 0.4) is 0 Å². The third-order valence-electron chi connectivity index (χ3n) is 2.78. The fraction of sp³-hybridized carbons (Fsp3) is 0.385. The van der Waals surface area contributed by atoms with E-state index in [9.17, 15) is 0 Å². The van der Waals surface area contributed by atoms with Gasteiger partial charge in [-0.1, -0.05) is 30.3 Å². The first-order valence-electron chi connectivity index (χ1n) is 6.15. The number of nitrogens with zero attached hydrogens (tertiary/aromatic N) is 3. The molecule has 20 heavy (non-hydrogen) atoms. The van der Waals surface area contributed by atoms with E-state index in [1.807, 2.05) is 32.0 Å². The summed E-state index contributed by atoms with van der Waals surface area (Å²) in [5, 5.41) is 1.49. The van der Waals surface area contributed by atoms with Gasteiger partial charge >= 0.3 is 0 Å². The number of hydrogen-bond donors (Lipinski definition) is 2. The van der Waals surface area contributed by atoms with Crippen molar-refractivity contribution in [2.45, 2.75) is 25.9 Å². The number of guanidine groups is 2. The lowest BCUT2D eigenvalue weighted by atomic mass is 10.2. The molecule has 0 atom stereocenters. The number of halogens is 1. The Hall–Kier alpha value is -1.60. The zero-order valence-electron chi connectivity index (χ0n) is 11.6. The molecule has 0 aromatic heterocycles. The summed E-state index contributed by atoms with van der Waals surface area (Å²) in [6.45, 7) is 4.23. The van der Waals surface area contributed by atoms with Crippen LogP contribution in [0.15, 0.2) is 40.3 Å². The maximum atomic E-state index is 5.81. The van der Waals surface area contributed by atoms with Crippen molar-refractivity contribution in [3.05, 3.63) is 35.9 Å². The van der Waals surface area contributed by atoms with Gasteiger partial charge in [-0.3, -0.25) is 4.84 Å². The zero-order valence-corrected chi connectivity index (χ0v) is 13.3. The standard InChI is InChI=1S/C13H19N5O.BrH/c1-13(2)17-11(14)16-12(15)18(13)19-9-8-10-6-4-3-5-7-10;/h3-7H,8-9H2,1-2H3,(H4,14,15,16,17);1H. The lowest BCUT2D eigenvalue weighted by molar-refractivity contribution is -0.156. The van der Waals surface area contributed by atoms with Crippen molar-refractivity contribution >= 4 is 28.9 Å². The Morgan fingerprint density at radius 2 is 1.85 bits per heavy atom. The first kappa shape index (κ1) is 16.5. The van der Waals surface area contributed by atoms with Crippen molar-refractivity contribution in [2.75, 3.05) is 6.61 Å². The van der Waals surface area contributed by atoms with Crippen molar-refractivity contribution in [2.24, 2.45) is 21.5 Å². The minimum Gasteiger partial charge on any atom is -0.368 e. The molecule has 7 heteroatoms. The predicted molar refractivity (Wildman–Crippen MR) is 85.6 cm³/mol. The van der Waals surface area contributed by atoms with Gasteiger partial charge in [0.1, 0.15) is 0 Å². The number of hydroxylamine groups is 2. The van der Waals surface area contributed by atoms with Crippen molar-refractivity contribution < 1.29 is 4.84 Å². The van der Waals surface area contributed by atoms with E-state index < -0.39 is 5.66 Å². The Labute approximate surface area is 129 Å². The normalized spacial score (nSPS) is 17.0. The van der Waals surface area contributed by atoms with Crippen molar-refractivity contribution in [3.63, 3.8) is 0 Å². The summed E-state index contributed by atoms with van der Waals surface area (Å²) in [7, 11) is 0. The fourth-order valence-corrected chi connectivity index (χ4v) is 1.92. The van der Waals surface area contributed by atoms with Crippen LogP contribution in [0.5, 0.6) is 0 Å². The van der Waals surface area contributed by atoms with Gasteiger partial charge < -0.3 is 11.5 Å². The van der Waals surface area contributed by atoms with E-state index in [4.69, 9.17) is 16.3 Å². The number of nitrogens with two attached hydrogens (primary N) is 2. The molecule has 0 radical (unpaired) electrons. The van der Waals surface area contributed by atoms with E-state index in [0.29, 0.717) is 6.61 Å². The second kappa shape index (κ2) is 6.71. The average Bonchev–Trinajstić information content (AvgIpc) is 2.33. The molecule has 110 valence electrons. The Balaban J connectivity index is 0.00000200. The van der Waals surface area contributed by atoms with Crippen LogP contribution in [-0.2, 0) is 11.3 Å². The Morgan fingerprint density at radius 1 is 1.20 bits per heavy atom. The molecule has 0 bridgehead atoms. The Kier molecular flexibility index (Phi) is 5.52. The topological polar surface area (TPSA) is 89.2 Å². The monoisotopic (exact) mass is 341 g/mol. The van der Waals surface area contributed by atoms with Gasteiger partial charge in [-0.2, -0.15) is 10.1 Å². The van der Waals surface area contributed by atoms with Crippen molar-refractivity contribution in [3.8, 4) is 0 Å². The number of benzene rings is 1. The van der Waals surface area contributed by atoms with Gasteiger partial charge in [0.2, 0.25) is 11.9 Å². The molecule has 0 saturated heterocycles. The van der Waals surface area contributed by atoms with E-state index in [-0.39, 0.29) is 28.9 Å². The second-order valence-corrected chi connectivity index (χ2v) is 4.80. The van der Waals surface area contributed by atoms with Gasteiger partial charge in [0, 0.05) is 0 Å². The van der Waals surface area contributed by atoms with E-state index in [1.165, 1.54) is 10.6 Å². The third-order valence-corrected chi connectivity index (χ3v) is 2.78. The molecule has 0 unspecified atom stereocenters. The fourth-order valence-electron chi connectivity index (χ4n) is 1.92. The lowest BCUT2D eigenvalue weighted by Gasteiger charge is -2.36. The quantitative estimate of drug-likeness (QED) is 0.866. The number of aliphatic imine (C=N–C) groups is 2. The summed E-state index contributed by atoms with van der Waals surface area (Å²) in [4.78, 5) is 13.8. The highest BCUT2D eigenvalue weighted by Crippen LogP contribution is 2.19. The molecular formula is C13H20BrN5O. The summed E-state index contributed by atoms with van der Waals surface area (Å²) < 4.78 is 0. The van der Waals surface area contributed by atoms with Gasteiger partial charge in [0.05, 0.1) is 6.61 Å². The summed E-state index contributed by atoms with van der Waals surface area (Å²) in [5.41, 5.74) is 12.0. The SMILES string of the molecule is Br.CC1(C)N=C(N)N=C(N)N1OCCc1ccccc1. The molecule has 1 aromatic rings. The molecule has 1 aliphatic heterocycles. The molecule has 0 amide bonds. The zero-order chi connectivity index (χ0) is 13.9. The molecule has 6 nitrogen and oxygen atoms in total. The Morgan fingerprint density at radius 3 is 2.45 bits per heavy atom. The van der Waals surface area contributed by atoms with Crippen LogP contribution in [-0.4, -0.2) is 29.3 Å². The molecule has 0 saturated carbocycles. The largest absolute Gasteiger partial charge is 0.368 e. The summed E-state index contributed by atoms with van der Waals surface area (Å²) >= 11 is 0. The van der Waals surface area contributed by atoms with Gasteiger partial charge in [0.15, 0.2) is 5.66 Å². The van der Waals surface area contributed by atoms with Gasteiger partial charge in [-0.15, -0.1) is 17.0 Å². The van der Waals surface area contributed by atoms with E-state index in [1.54, 1.807) is 0 Å². The number of hydrogen-bond acceptors (Lipinski definition) is 6. The highest BCUT2D eigenvalue weighted by Gasteiger charge is 2.32. The predicted octanol–water partition coefficient (Wildman–Crippen LogP) is 1.42. The number of rotatable bonds is 4. The minimum absolute atomic E-state index is 0. The van der Waals surface area contributed by atoms with E-state index in [2.05, 4.69) is 22.1 Å². The minimum atomic E-state index is -0.646. The van der Waals surface area contributed by atoms with Crippen LogP contribution >= 0.6 is 17.0 Å². The van der Waals surface area contributed by atoms with Crippen LogP contribution in [0.4, 0.5) is 0 Å². The molecule has 1 aliphatic rings. The molecule has 0 aliphatic carbocycles. The van der Waals surface area contributed by atoms with Gasteiger partial charge in [0.25, 0.3) is 0 Å². The molecule has 1 aromatic carbocycles. The van der Waals surface area contributed by atoms with Crippen LogP contribution in [0.2, 0.25) is 0 Å². The summed E-state index contributed by atoms with van der Waals surface area (Å²) in [6.07, 6.45) is 0.792. The molecule has 2 rings (SSSR count). The lowest BCUT2D eigenvalue weighted by Crippen LogP contribution is -2.53. The van der Waals surface area contributed by atoms with Crippen LogP contribution < -0.4 is 11.5 Å². The van der Waals surface area contributed by atoms with E-state index >= 15 is 0 Å². The van der Waals surface area contributed by atoms with Crippen LogP contribution in [0, 0.1) is 0 Å². The first-order valence-corrected chi connectivity index (χ1v) is 6.15. The maximum absolute atomic E-state index is 5.81. The molecular weight excluding hydrogens is 322 g/mol. The summed E-state index contributed by atoms with van der Waals surface area (Å²) in [6, 6.07) is 10.1. The van der Waals surface area contributed by atoms with Crippen molar-refractivity contribution in [1.29, 1.82) is 0 Å². The highest BCUT2D eigenvalue weighted by molar-refractivity contribution is 8.93. The summed E-state index contributed by atoms with van der Waals surface area (Å²) in [5.74, 6) is 0.399. The highest BCUT2D eigenvalue weighted by atomic mass is 79.9. The van der Waals surface area contributed by atoms with Crippen molar-refractivity contribution in [1.82, 2.24) is 5.06 Å². The second-order valence-electron chi connectivity index (χ2n) is 4.80. The molecule has 1 heterocycles. The Bertz CT molecular complexity index is 501.